The fourth-order valence-electron chi connectivity index (χ4n) is 6.81. The zero-order valence-electron chi connectivity index (χ0n) is 29.5. The van der Waals surface area contributed by atoms with Crippen LogP contribution < -0.4 is 20.4 Å². The molecule has 0 aliphatic carbocycles. The van der Waals surface area contributed by atoms with E-state index in [1.165, 1.54) is 29.4 Å². The Hall–Kier alpha value is -4.51. The first-order valence-corrected chi connectivity index (χ1v) is 17.6. The molecule has 3 aliphatic rings. The Kier molecular flexibility index (Phi) is 11.1. The normalized spacial score (nSPS) is 23.9. The smallest absolute Gasteiger partial charge is 0.407 e. The standard InChI is InChI=1S/C36H41ClF3N7O6/c1-35(2,3)53-34(50)44-29-16-25(20-52-30(29)27-15-23(38)4-5-28(27)40)45-8-10-46(11-9-45)33-42-18-26(19-43-33)47-7-6-36(51,32(47)49)31(48)41-17-21-12-22(37)14-24(39)13-21/h4-5,12-15,18-19,25,29-30,51H,6-11,16-17,20H2,1-3H3,(H,41,48)(H,44,50)/t25?,29-,30+,36?/m0/s1. The van der Waals surface area contributed by atoms with Gasteiger partial charge in [-0.05, 0) is 69.2 Å². The van der Waals surface area contributed by atoms with Crippen molar-refractivity contribution < 1.29 is 42.1 Å². The van der Waals surface area contributed by atoms with Gasteiger partial charge in [-0.15, -0.1) is 0 Å². The lowest BCUT2D eigenvalue weighted by Gasteiger charge is -2.44. The van der Waals surface area contributed by atoms with Crippen molar-refractivity contribution in [2.75, 3.05) is 49.1 Å². The molecular weight excluding hydrogens is 719 g/mol. The third kappa shape index (κ3) is 8.83. The summed E-state index contributed by atoms with van der Waals surface area (Å²) in [4.78, 5) is 53.2. The number of nitrogens with zero attached hydrogens (tertiary/aromatic N) is 5. The van der Waals surface area contributed by atoms with E-state index in [4.69, 9.17) is 21.1 Å². The van der Waals surface area contributed by atoms with Gasteiger partial charge in [0, 0.05) is 62.3 Å². The summed E-state index contributed by atoms with van der Waals surface area (Å²) in [5.41, 5.74) is -2.38. The van der Waals surface area contributed by atoms with E-state index in [0.29, 0.717) is 49.8 Å². The van der Waals surface area contributed by atoms with E-state index in [9.17, 15) is 32.7 Å². The lowest BCUT2D eigenvalue weighted by atomic mass is 9.92. The van der Waals surface area contributed by atoms with Crippen LogP contribution in [0.2, 0.25) is 5.02 Å². The van der Waals surface area contributed by atoms with Crippen molar-refractivity contribution in [2.24, 2.45) is 0 Å². The molecule has 6 rings (SSSR count). The highest BCUT2D eigenvalue weighted by molar-refractivity contribution is 6.30. The zero-order chi connectivity index (χ0) is 38.1. The number of hydrogen-bond acceptors (Lipinski definition) is 10. The Morgan fingerprint density at radius 1 is 1.04 bits per heavy atom. The number of halogens is 4. The third-order valence-electron chi connectivity index (χ3n) is 9.42. The lowest BCUT2D eigenvalue weighted by Crippen LogP contribution is -2.57. The van der Waals surface area contributed by atoms with Crippen LogP contribution in [0.4, 0.5) is 29.6 Å². The second-order valence-electron chi connectivity index (χ2n) is 14.4. The van der Waals surface area contributed by atoms with Crippen molar-refractivity contribution in [1.29, 1.82) is 0 Å². The van der Waals surface area contributed by atoms with Crippen LogP contribution in [0.5, 0.6) is 0 Å². The summed E-state index contributed by atoms with van der Waals surface area (Å²) in [5.74, 6) is -3.14. The van der Waals surface area contributed by atoms with Crippen molar-refractivity contribution in [2.45, 2.75) is 69.5 Å². The van der Waals surface area contributed by atoms with Crippen molar-refractivity contribution in [3.8, 4) is 0 Å². The number of carbonyl (C=O) groups is 3. The van der Waals surface area contributed by atoms with E-state index in [-0.39, 0.29) is 42.7 Å². The van der Waals surface area contributed by atoms with E-state index in [2.05, 4.69) is 25.5 Å². The molecule has 13 nitrogen and oxygen atoms in total. The molecule has 4 atom stereocenters. The minimum absolute atomic E-state index is 0.0186. The van der Waals surface area contributed by atoms with Gasteiger partial charge >= 0.3 is 6.09 Å². The molecule has 3 aromatic rings. The minimum Gasteiger partial charge on any atom is -0.444 e. The number of piperazine rings is 1. The summed E-state index contributed by atoms with van der Waals surface area (Å²) >= 11 is 5.87. The Balaban J connectivity index is 1.04. The van der Waals surface area contributed by atoms with E-state index >= 15 is 0 Å². The van der Waals surface area contributed by atoms with Crippen LogP contribution >= 0.6 is 11.6 Å². The summed E-state index contributed by atoms with van der Waals surface area (Å²) in [6.07, 6.45) is 1.54. The van der Waals surface area contributed by atoms with Crippen LogP contribution in [0.3, 0.4) is 0 Å². The highest BCUT2D eigenvalue weighted by Crippen LogP contribution is 2.34. The Bertz CT molecular complexity index is 1820. The van der Waals surface area contributed by atoms with Crippen LogP contribution in [0.25, 0.3) is 0 Å². The molecule has 3 saturated heterocycles. The minimum atomic E-state index is -2.32. The van der Waals surface area contributed by atoms with Crippen molar-refractivity contribution in [3.05, 3.63) is 82.4 Å². The van der Waals surface area contributed by atoms with Gasteiger partial charge in [0.05, 0.1) is 30.7 Å². The number of aromatic nitrogens is 2. The van der Waals surface area contributed by atoms with Gasteiger partial charge in [-0.25, -0.2) is 27.9 Å². The first-order valence-electron chi connectivity index (χ1n) is 17.2. The molecule has 17 heteroatoms. The quantitative estimate of drug-likeness (QED) is 0.289. The summed E-state index contributed by atoms with van der Waals surface area (Å²) in [6, 6.07) is 6.10. The lowest BCUT2D eigenvalue weighted by molar-refractivity contribution is -0.149. The number of aliphatic hydroxyl groups is 1. The first-order chi connectivity index (χ1) is 25.1. The van der Waals surface area contributed by atoms with Gasteiger partial charge in [-0.1, -0.05) is 11.6 Å². The van der Waals surface area contributed by atoms with Crippen LogP contribution in [-0.4, -0.2) is 100 Å². The summed E-state index contributed by atoms with van der Waals surface area (Å²) in [6.45, 7) is 7.61. The monoisotopic (exact) mass is 759 g/mol. The number of rotatable bonds is 8. The average Bonchev–Trinajstić information content (AvgIpc) is 3.41. The first kappa shape index (κ1) is 38.2. The predicted molar refractivity (Wildman–Crippen MR) is 188 cm³/mol. The highest BCUT2D eigenvalue weighted by atomic mass is 35.5. The number of alkyl carbamates (subject to hydrolysis) is 1. The topological polar surface area (TPSA) is 149 Å². The van der Waals surface area contributed by atoms with E-state index < -0.39 is 58.7 Å². The second kappa shape index (κ2) is 15.5. The molecule has 2 aromatic carbocycles. The maximum atomic E-state index is 14.8. The summed E-state index contributed by atoms with van der Waals surface area (Å²) in [5, 5.41) is 16.5. The van der Waals surface area contributed by atoms with Crippen LogP contribution in [0.1, 0.15) is 50.8 Å². The van der Waals surface area contributed by atoms with E-state index in [1.807, 2.05) is 4.90 Å². The number of anilines is 2. The molecule has 3 amide bonds. The van der Waals surface area contributed by atoms with Gasteiger partial charge in [0.25, 0.3) is 11.8 Å². The maximum absolute atomic E-state index is 14.8. The van der Waals surface area contributed by atoms with Crippen molar-refractivity contribution in [1.82, 2.24) is 25.5 Å². The molecule has 0 saturated carbocycles. The van der Waals surface area contributed by atoms with Gasteiger partial charge in [-0.3, -0.25) is 14.5 Å². The second-order valence-corrected chi connectivity index (χ2v) is 14.8. The van der Waals surface area contributed by atoms with Gasteiger partial charge in [0.1, 0.15) is 29.2 Å². The van der Waals surface area contributed by atoms with Crippen LogP contribution in [-0.2, 0) is 25.6 Å². The number of ether oxygens (including phenoxy) is 2. The van der Waals surface area contributed by atoms with Crippen LogP contribution in [0.15, 0.2) is 48.8 Å². The summed E-state index contributed by atoms with van der Waals surface area (Å²) < 4.78 is 54.2. The Labute approximate surface area is 309 Å². The number of hydrogen-bond donors (Lipinski definition) is 3. The van der Waals surface area contributed by atoms with Gasteiger partial charge < -0.3 is 35.0 Å². The number of nitrogens with one attached hydrogen (secondary N) is 2. The zero-order valence-corrected chi connectivity index (χ0v) is 30.2. The number of carbonyl (C=O) groups excluding carboxylic acids is 3. The molecule has 53 heavy (non-hydrogen) atoms. The number of amides is 3. The van der Waals surface area contributed by atoms with E-state index in [1.54, 1.807) is 20.8 Å². The van der Waals surface area contributed by atoms with E-state index in [0.717, 1.165) is 24.3 Å². The Morgan fingerprint density at radius 3 is 2.43 bits per heavy atom. The third-order valence-corrected chi connectivity index (χ3v) is 9.64. The molecule has 0 spiro atoms. The molecule has 3 aliphatic heterocycles. The van der Waals surface area contributed by atoms with Crippen molar-refractivity contribution >= 4 is 41.1 Å². The van der Waals surface area contributed by atoms with Gasteiger partial charge in [0.2, 0.25) is 11.5 Å². The molecule has 2 unspecified atom stereocenters. The Morgan fingerprint density at radius 2 is 1.75 bits per heavy atom. The molecule has 4 heterocycles. The molecular formula is C36H41ClF3N7O6. The fourth-order valence-corrected chi connectivity index (χ4v) is 7.06. The molecule has 0 bridgehead atoms. The van der Waals surface area contributed by atoms with Gasteiger partial charge in [-0.2, -0.15) is 0 Å². The van der Waals surface area contributed by atoms with Crippen molar-refractivity contribution in [3.63, 3.8) is 0 Å². The maximum Gasteiger partial charge on any atom is 0.407 e. The molecule has 284 valence electrons. The molecule has 0 radical (unpaired) electrons. The molecule has 1 aromatic heterocycles. The number of benzene rings is 2. The molecule has 3 fully saturated rings. The van der Waals surface area contributed by atoms with Gasteiger partial charge in [0.15, 0.2) is 0 Å². The summed E-state index contributed by atoms with van der Waals surface area (Å²) in [7, 11) is 0. The fraction of sp³-hybridized carbons (Fsp3) is 0.472. The largest absolute Gasteiger partial charge is 0.444 e. The highest BCUT2D eigenvalue weighted by Gasteiger charge is 2.52. The van der Waals surface area contributed by atoms with Crippen LogP contribution in [0, 0.1) is 17.5 Å². The average molecular weight is 760 g/mol. The molecule has 3 N–H and O–H groups in total. The SMILES string of the molecule is CC(C)(C)OC(=O)N[C@H]1CC(N2CCN(c3ncc(N4CCC(O)(C(=O)NCc5cc(F)cc(Cl)c5)C4=O)cn3)CC2)CO[C@@H]1c1cc(F)ccc1F. The predicted octanol–water partition coefficient (Wildman–Crippen LogP) is 3.88.